The molecule has 0 N–H and O–H groups in total. The van der Waals surface area contributed by atoms with E-state index in [2.05, 4.69) is 9.97 Å². The molecule has 0 radical (unpaired) electrons. The largest absolute Gasteiger partial charge is 0.450 e. The van der Waals surface area contributed by atoms with Crippen LogP contribution < -0.4 is 0 Å². The van der Waals surface area contributed by atoms with Gasteiger partial charge in [0.15, 0.2) is 10.2 Å². The van der Waals surface area contributed by atoms with Crippen LogP contribution in [0.2, 0.25) is 0 Å². The number of barbiturate groups is 1. The lowest BCUT2D eigenvalue weighted by Gasteiger charge is -2.28. The Labute approximate surface area is 195 Å². The second kappa shape index (κ2) is 8.78. The maximum absolute atomic E-state index is 13.4. The highest BCUT2D eigenvalue weighted by atomic mass is 32.2. The Morgan fingerprint density at radius 2 is 1.59 bits per heavy atom. The van der Waals surface area contributed by atoms with Crippen LogP contribution in [0.5, 0.6) is 0 Å². The highest BCUT2D eigenvalue weighted by Gasteiger charge is 2.38. The Bertz CT molecular complexity index is 1300. The van der Waals surface area contributed by atoms with Gasteiger partial charge < -0.3 is 4.42 Å². The lowest BCUT2D eigenvalue weighted by atomic mass is 10.1. The van der Waals surface area contributed by atoms with Crippen molar-refractivity contribution in [1.29, 1.82) is 0 Å². The Morgan fingerprint density at radius 1 is 0.941 bits per heavy atom. The molecule has 0 aliphatic carbocycles. The summed E-state index contributed by atoms with van der Waals surface area (Å²) in [5, 5.41) is -0.0595. The molecule has 1 aromatic carbocycles. The van der Waals surface area contributed by atoms with Crippen molar-refractivity contribution < 1.29 is 32.0 Å². The lowest BCUT2D eigenvalue weighted by molar-refractivity contribution is -0.141. The Balaban J connectivity index is 1.64. The average Bonchev–Trinajstić information content (AvgIpc) is 3.26. The molecule has 8 nitrogen and oxygen atoms in total. The summed E-state index contributed by atoms with van der Waals surface area (Å²) in [5.41, 5.74) is -0.822. The number of hydrogen-bond donors (Lipinski definition) is 0. The van der Waals surface area contributed by atoms with Crippen LogP contribution in [0.3, 0.4) is 0 Å². The van der Waals surface area contributed by atoms with Crippen molar-refractivity contribution in [1.82, 2.24) is 19.8 Å². The Hall–Kier alpha value is -3.93. The number of rotatable bonds is 4. The molecule has 4 rings (SSSR count). The standard InChI is InChI=1S/C22H15F3N4O4S/c1-28-18(30)14(19(31)29(2)21(28)32)10-13-8-9-17(33-13)34-20-26-15(12-6-4-3-5-7-12)11-16(27-20)22(23,24)25/h3-11H,1-2H3. The third kappa shape index (κ3) is 4.57. The molecule has 174 valence electrons. The fourth-order valence-electron chi connectivity index (χ4n) is 3.05. The summed E-state index contributed by atoms with van der Waals surface area (Å²) < 4.78 is 45.8. The summed E-state index contributed by atoms with van der Waals surface area (Å²) >= 11 is 0.750. The minimum absolute atomic E-state index is 0.0885. The molecule has 0 bridgehead atoms. The van der Waals surface area contributed by atoms with E-state index in [0.717, 1.165) is 33.7 Å². The van der Waals surface area contributed by atoms with Crippen LogP contribution in [0.15, 0.2) is 68.8 Å². The molecule has 1 aliphatic rings. The van der Waals surface area contributed by atoms with E-state index in [1.54, 1.807) is 30.3 Å². The molecule has 0 atom stereocenters. The quantitative estimate of drug-likeness (QED) is 0.306. The number of furan rings is 1. The number of halogens is 3. The Morgan fingerprint density at radius 3 is 2.21 bits per heavy atom. The highest BCUT2D eigenvalue weighted by molar-refractivity contribution is 7.99. The van der Waals surface area contributed by atoms with E-state index in [0.29, 0.717) is 5.56 Å². The van der Waals surface area contributed by atoms with Crippen molar-refractivity contribution in [3.8, 4) is 11.3 Å². The van der Waals surface area contributed by atoms with Crippen molar-refractivity contribution in [3.05, 3.63) is 65.6 Å². The van der Waals surface area contributed by atoms with Crippen molar-refractivity contribution in [2.75, 3.05) is 14.1 Å². The molecule has 1 aliphatic heterocycles. The van der Waals surface area contributed by atoms with E-state index in [-0.39, 0.29) is 27.3 Å². The molecule has 34 heavy (non-hydrogen) atoms. The minimum Gasteiger partial charge on any atom is -0.450 e. The maximum atomic E-state index is 13.4. The molecule has 0 spiro atoms. The number of likely N-dealkylation sites (N-methyl/N-ethyl adjacent to an activating group) is 2. The number of carbonyl (C=O) groups excluding carboxylic acids is 3. The van der Waals surface area contributed by atoms with Gasteiger partial charge in [0.1, 0.15) is 17.0 Å². The van der Waals surface area contributed by atoms with Gasteiger partial charge in [0.2, 0.25) is 0 Å². The smallest absolute Gasteiger partial charge is 0.433 e. The second-order valence-electron chi connectivity index (χ2n) is 7.11. The number of aromatic nitrogens is 2. The van der Waals surface area contributed by atoms with E-state index in [4.69, 9.17) is 4.42 Å². The molecule has 3 aromatic rings. The van der Waals surface area contributed by atoms with Gasteiger partial charge >= 0.3 is 12.2 Å². The minimum atomic E-state index is -4.68. The lowest BCUT2D eigenvalue weighted by Crippen LogP contribution is -2.52. The third-order valence-corrected chi connectivity index (χ3v) is 5.58. The number of benzene rings is 1. The zero-order valence-corrected chi connectivity index (χ0v) is 18.5. The number of imide groups is 2. The fraction of sp³-hybridized carbons (Fsp3) is 0.136. The van der Waals surface area contributed by atoms with E-state index in [1.165, 1.54) is 26.2 Å². The van der Waals surface area contributed by atoms with Gasteiger partial charge in [-0.2, -0.15) is 13.2 Å². The van der Waals surface area contributed by atoms with E-state index in [9.17, 15) is 27.6 Å². The molecular weight excluding hydrogens is 473 g/mol. The summed E-state index contributed by atoms with van der Waals surface area (Å²) in [6.07, 6.45) is -3.52. The summed E-state index contributed by atoms with van der Waals surface area (Å²) in [6.45, 7) is 0. The zero-order valence-electron chi connectivity index (χ0n) is 17.7. The summed E-state index contributed by atoms with van der Waals surface area (Å²) in [6, 6.07) is 11.3. The molecule has 1 fully saturated rings. The normalized spacial score (nSPS) is 14.7. The molecule has 12 heteroatoms. The van der Waals surface area contributed by atoms with E-state index in [1.807, 2.05) is 0 Å². The van der Waals surface area contributed by atoms with E-state index >= 15 is 0 Å². The first-order valence-electron chi connectivity index (χ1n) is 9.66. The van der Waals surface area contributed by atoms with Crippen LogP contribution >= 0.6 is 11.8 Å². The van der Waals surface area contributed by atoms with Gasteiger partial charge in [-0.1, -0.05) is 30.3 Å². The molecule has 2 aromatic heterocycles. The molecule has 3 heterocycles. The number of amides is 4. The highest BCUT2D eigenvalue weighted by Crippen LogP contribution is 2.34. The first kappa shape index (κ1) is 23.2. The summed E-state index contributed by atoms with van der Waals surface area (Å²) in [5.74, 6) is -1.51. The fourth-order valence-corrected chi connectivity index (χ4v) is 3.79. The number of alkyl halides is 3. The van der Waals surface area contributed by atoms with Gasteiger partial charge in [-0.25, -0.2) is 14.8 Å². The van der Waals surface area contributed by atoms with Crippen molar-refractivity contribution in [3.63, 3.8) is 0 Å². The zero-order chi connectivity index (χ0) is 24.6. The number of carbonyl (C=O) groups is 3. The maximum Gasteiger partial charge on any atom is 0.433 e. The van der Waals surface area contributed by atoms with Crippen LogP contribution in [0.1, 0.15) is 11.5 Å². The van der Waals surface area contributed by atoms with Crippen LogP contribution in [-0.4, -0.2) is 51.7 Å². The number of urea groups is 1. The molecule has 1 saturated heterocycles. The predicted octanol–water partition coefficient (Wildman–Crippen LogP) is 4.34. The molecule has 0 saturated carbocycles. The van der Waals surface area contributed by atoms with Crippen molar-refractivity contribution >= 4 is 35.7 Å². The van der Waals surface area contributed by atoms with Gasteiger partial charge in [0.05, 0.1) is 5.69 Å². The van der Waals surface area contributed by atoms with Gasteiger partial charge in [-0.15, -0.1) is 0 Å². The van der Waals surface area contributed by atoms with Crippen LogP contribution in [0, 0.1) is 0 Å². The first-order chi connectivity index (χ1) is 16.0. The molecule has 4 amide bonds. The second-order valence-corrected chi connectivity index (χ2v) is 8.08. The topological polar surface area (TPSA) is 96.6 Å². The van der Waals surface area contributed by atoms with Gasteiger partial charge in [-0.3, -0.25) is 19.4 Å². The van der Waals surface area contributed by atoms with Gasteiger partial charge in [0.25, 0.3) is 11.8 Å². The van der Waals surface area contributed by atoms with Gasteiger partial charge in [0, 0.05) is 19.7 Å². The summed E-state index contributed by atoms with van der Waals surface area (Å²) in [7, 11) is 2.47. The predicted molar refractivity (Wildman–Crippen MR) is 114 cm³/mol. The average molecular weight is 488 g/mol. The summed E-state index contributed by atoms with van der Waals surface area (Å²) in [4.78, 5) is 45.8. The van der Waals surface area contributed by atoms with Gasteiger partial charge in [-0.05, 0) is 36.0 Å². The third-order valence-electron chi connectivity index (χ3n) is 4.79. The molecule has 0 unspecified atom stereocenters. The van der Waals surface area contributed by atoms with E-state index < -0.39 is 29.7 Å². The van der Waals surface area contributed by atoms with Crippen LogP contribution in [-0.2, 0) is 15.8 Å². The van der Waals surface area contributed by atoms with Crippen LogP contribution in [0.4, 0.5) is 18.0 Å². The molecular formula is C22H15F3N4O4S. The monoisotopic (exact) mass is 488 g/mol. The first-order valence-corrected chi connectivity index (χ1v) is 10.5. The van der Waals surface area contributed by atoms with Crippen molar-refractivity contribution in [2.24, 2.45) is 0 Å². The van der Waals surface area contributed by atoms with Crippen LogP contribution in [0.25, 0.3) is 17.3 Å². The van der Waals surface area contributed by atoms with Crippen molar-refractivity contribution in [2.45, 2.75) is 16.4 Å². The SMILES string of the molecule is CN1C(=O)C(=Cc2ccc(Sc3nc(-c4ccccc4)cc(C(F)(F)F)n3)o2)C(=O)N(C)C1=O. The number of hydrogen-bond acceptors (Lipinski definition) is 7. The number of nitrogens with zero attached hydrogens (tertiary/aromatic N) is 4. The Kier molecular flexibility index (Phi) is 6.00.